The molecule has 1 heterocycles. The lowest BCUT2D eigenvalue weighted by Gasteiger charge is -2.32. The number of carboxylic acids is 1. The third-order valence-corrected chi connectivity index (χ3v) is 2.48. The second-order valence-electron chi connectivity index (χ2n) is 3.82. The Hall–Kier alpha value is -1.27. The summed E-state index contributed by atoms with van der Waals surface area (Å²) >= 11 is 0. The average Bonchev–Trinajstić information content (AvgIpc) is 2.39. The van der Waals surface area contributed by atoms with Crippen LogP contribution in [0.15, 0.2) is 0 Å². The van der Waals surface area contributed by atoms with Crippen molar-refractivity contribution in [3.05, 3.63) is 0 Å². The van der Waals surface area contributed by atoms with E-state index in [1.54, 1.807) is 0 Å². The fourth-order valence-corrected chi connectivity index (χ4v) is 1.74. The first-order valence-corrected chi connectivity index (χ1v) is 5.59. The summed E-state index contributed by atoms with van der Waals surface area (Å²) in [7, 11) is 0. The van der Waals surface area contributed by atoms with Gasteiger partial charge in [-0.25, -0.2) is 14.4 Å². The number of nitrogens with one attached hydrogen (secondary N) is 1. The fraction of sp³-hybridized carbons (Fsp3) is 0.800. The Morgan fingerprint density at radius 3 is 2.94 bits per heavy atom. The smallest absolute Gasteiger partial charge is 0.367 e. The molecule has 1 aliphatic heterocycles. The van der Waals surface area contributed by atoms with Crippen LogP contribution in [0.5, 0.6) is 0 Å². The van der Waals surface area contributed by atoms with Gasteiger partial charge in [0.25, 0.3) is 0 Å². The Balaban J connectivity index is 0.00000137. The second kappa shape index (κ2) is 9.73. The number of carbonyl (C=O) groups is 1. The van der Waals surface area contributed by atoms with Crippen molar-refractivity contribution < 1.29 is 19.1 Å². The number of likely N-dealkylation sites (tertiary alicyclic amines) is 1. The van der Waals surface area contributed by atoms with Crippen LogP contribution >= 0.6 is 0 Å². The summed E-state index contributed by atoms with van der Waals surface area (Å²) in [5.74, 6) is -1.62. The monoisotopic (exact) mass is 262 g/mol. The van der Waals surface area contributed by atoms with Crippen molar-refractivity contribution in [3.8, 4) is 6.57 Å². The van der Waals surface area contributed by atoms with Gasteiger partial charge in [-0.15, -0.1) is 0 Å². The molecule has 0 saturated carbocycles. The molecule has 18 heavy (non-hydrogen) atoms. The van der Waals surface area contributed by atoms with E-state index >= 15 is 0 Å². The molecule has 2 atom stereocenters. The summed E-state index contributed by atoms with van der Waals surface area (Å²) in [5, 5.41) is 14.8. The number of hydrogen-bond donors (Lipinski definition) is 3. The number of nitrogens with zero attached hydrogens (tertiary/aromatic N) is 2. The maximum Gasteiger partial charge on any atom is 0.367 e. The van der Waals surface area contributed by atoms with Crippen molar-refractivity contribution in [2.75, 3.05) is 26.2 Å². The third kappa shape index (κ3) is 6.46. The topological polar surface area (TPSA) is 112 Å². The van der Waals surface area contributed by atoms with E-state index in [2.05, 4.69) is 21.8 Å². The van der Waals surface area contributed by atoms with E-state index in [0.29, 0.717) is 13.1 Å². The van der Waals surface area contributed by atoms with Gasteiger partial charge in [-0.05, 0) is 19.4 Å². The molecule has 1 fully saturated rings. The quantitative estimate of drug-likeness (QED) is 0.551. The zero-order valence-electron chi connectivity index (χ0n) is 10.1. The van der Waals surface area contributed by atoms with Crippen molar-refractivity contribution in [2.45, 2.75) is 25.2 Å². The number of nitriles is 1. The summed E-state index contributed by atoms with van der Waals surface area (Å²) in [6.45, 7) is 6.53. The summed E-state index contributed by atoms with van der Waals surface area (Å²) in [4.78, 5) is 16.7. The highest BCUT2D eigenvalue weighted by Crippen LogP contribution is 2.09. The van der Waals surface area contributed by atoms with Gasteiger partial charge in [-0.2, -0.15) is 5.48 Å². The van der Waals surface area contributed by atoms with Gasteiger partial charge in [-0.1, -0.05) is 0 Å². The molecule has 2 unspecified atom stereocenters. The van der Waals surface area contributed by atoms with Crippen LogP contribution in [0.4, 0.5) is 4.39 Å². The lowest BCUT2D eigenvalue weighted by atomic mass is 10.1. The number of rotatable bonds is 6. The summed E-state index contributed by atoms with van der Waals surface area (Å²) < 4.78 is 12.6. The molecule has 7 nitrogen and oxygen atoms in total. The molecule has 0 aliphatic carbocycles. The van der Waals surface area contributed by atoms with Crippen LogP contribution in [0, 0.1) is 11.8 Å². The Bertz CT molecular complexity index is 263. The Kier molecular flexibility index (Phi) is 9.04. The number of hydrogen-bond acceptors (Lipinski definition) is 6. The molecule has 0 aromatic carbocycles. The van der Waals surface area contributed by atoms with Gasteiger partial charge in [0, 0.05) is 32.2 Å². The maximum absolute atomic E-state index is 12.6. The first-order valence-electron chi connectivity index (χ1n) is 5.59. The number of halogens is 1. The molecular formula is C10H19FN4O3. The van der Waals surface area contributed by atoms with Crippen LogP contribution in [0.3, 0.4) is 0 Å². The maximum atomic E-state index is 12.6. The summed E-state index contributed by atoms with van der Waals surface area (Å²) in [5.41, 5.74) is 7.89. The van der Waals surface area contributed by atoms with Crippen LogP contribution in [0.25, 0.3) is 0 Å². The first kappa shape index (κ1) is 16.7. The van der Waals surface area contributed by atoms with Crippen LogP contribution in [0.2, 0.25) is 0 Å². The number of aliphatic carboxylic acids is 1. The first-order chi connectivity index (χ1) is 8.63. The van der Waals surface area contributed by atoms with Crippen LogP contribution < -0.4 is 11.2 Å². The molecule has 0 amide bonds. The standard InChI is InChI=1S/C9H18FN3O3.CHN/c10-8(9(14)15)16-12-7-2-1-4-13(6-7)5-3-11;1-2/h7-8,12H,1-6,11H2,(H,14,15);1H. The average molecular weight is 262 g/mol. The van der Waals surface area contributed by atoms with Crippen molar-refractivity contribution in [2.24, 2.45) is 5.73 Å². The minimum Gasteiger partial charge on any atom is -0.477 e. The number of carboxylic acid groups (broad SMARTS) is 1. The molecular weight excluding hydrogens is 243 g/mol. The highest BCUT2D eigenvalue weighted by atomic mass is 19.1. The van der Waals surface area contributed by atoms with E-state index in [4.69, 9.17) is 16.1 Å². The van der Waals surface area contributed by atoms with Crippen LogP contribution in [-0.4, -0.2) is 54.6 Å². The van der Waals surface area contributed by atoms with E-state index < -0.39 is 12.3 Å². The zero-order valence-corrected chi connectivity index (χ0v) is 10.1. The van der Waals surface area contributed by atoms with E-state index in [1.807, 2.05) is 0 Å². The number of hydroxylamine groups is 1. The molecule has 1 saturated heterocycles. The Morgan fingerprint density at radius 2 is 2.39 bits per heavy atom. The lowest BCUT2D eigenvalue weighted by Crippen LogP contribution is -2.48. The summed E-state index contributed by atoms with van der Waals surface area (Å²) in [6, 6.07) is -0.0436. The number of nitrogens with two attached hydrogens (primary N) is 1. The van der Waals surface area contributed by atoms with Crippen molar-refractivity contribution in [1.82, 2.24) is 10.4 Å². The van der Waals surface area contributed by atoms with E-state index in [-0.39, 0.29) is 6.04 Å². The zero-order chi connectivity index (χ0) is 14.0. The molecule has 0 spiro atoms. The van der Waals surface area contributed by atoms with Crippen LogP contribution in [-0.2, 0) is 9.63 Å². The highest BCUT2D eigenvalue weighted by Gasteiger charge is 2.22. The predicted octanol–water partition coefficient (Wildman–Crippen LogP) is -0.549. The Labute approximate surface area is 105 Å². The normalized spacial score (nSPS) is 21.7. The lowest BCUT2D eigenvalue weighted by molar-refractivity contribution is -0.177. The molecule has 1 rings (SSSR count). The van der Waals surface area contributed by atoms with Crippen LogP contribution in [0.1, 0.15) is 12.8 Å². The molecule has 0 radical (unpaired) electrons. The SMILES string of the molecule is C#N.NCCN1CCCC(NOC(F)C(=O)O)C1. The molecule has 1 aliphatic rings. The van der Waals surface area contributed by atoms with Gasteiger partial charge >= 0.3 is 12.3 Å². The minimum absolute atomic E-state index is 0.0436. The molecule has 104 valence electrons. The second-order valence-corrected chi connectivity index (χ2v) is 3.82. The predicted molar refractivity (Wildman–Crippen MR) is 61.9 cm³/mol. The highest BCUT2D eigenvalue weighted by molar-refractivity contribution is 5.70. The van der Waals surface area contributed by atoms with E-state index in [9.17, 15) is 9.18 Å². The van der Waals surface area contributed by atoms with Gasteiger partial charge in [0.1, 0.15) is 0 Å². The minimum atomic E-state index is -2.31. The Morgan fingerprint density at radius 1 is 1.72 bits per heavy atom. The van der Waals surface area contributed by atoms with Gasteiger partial charge in [0.05, 0.1) is 0 Å². The molecule has 0 bridgehead atoms. The van der Waals surface area contributed by atoms with E-state index in [0.717, 1.165) is 25.9 Å². The van der Waals surface area contributed by atoms with Gasteiger partial charge < -0.3 is 15.7 Å². The molecule has 0 aromatic heterocycles. The molecule has 4 N–H and O–H groups in total. The summed E-state index contributed by atoms with van der Waals surface area (Å²) in [6.07, 6.45) is -0.511. The van der Waals surface area contributed by atoms with Crippen molar-refractivity contribution >= 4 is 5.97 Å². The molecule has 0 aromatic rings. The fourth-order valence-electron chi connectivity index (χ4n) is 1.74. The van der Waals surface area contributed by atoms with E-state index in [1.165, 1.54) is 0 Å². The number of piperidine rings is 1. The molecule has 8 heteroatoms. The van der Waals surface area contributed by atoms with Crippen molar-refractivity contribution in [3.63, 3.8) is 0 Å². The number of alkyl halides is 1. The van der Waals surface area contributed by atoms with Gasteiger partial charge in [0.15, 0.2) is 0 Å². The van der Waals surface area contributed by atoms with Gasteiger partial charge in [-0.3, -0.25) is 4.84 Å². The largest absolute Gasteiger partial charge is 0.477 e. The third-order valence-electron chi connectivity index (χ3n) is 2.48. The van der Waals surface area contributed by atoms with Crippen molar-refractivity contribution in [1.29, 1.82) is 5.26 Å². The van der Waals surface area contributed by atoms with Gasteiger partial charge in [0.2, 0.25) is 0 Å².